The number of rotatable bonds is 7. The second-order valence-electron chi connectivity index (χ2n) is 5.61. The van der Waals surface area contributed by atoms with Crippen molar-refractivity contribution in [3.8, 4) is 5.75 Å². The number of carbonyl (C=O) groups is 1. The summed E-state index contributed by atoms with van der Waals surface area (Å²) in [5.41, 5.74) is 2.80. The van der Waals surface area contributed by atoms with E-state index in [1.807, 2.05) is 36.4 Å². The summed E-state index contributed by atoms with van der Waals surface area (Å²) in [6.45, 7) is 0.428. The summed E-state index contributed by atoms with van der Waals surface area (Å²) in [4.78, 5) is 12.0. The van der Waals surface area contributed by atoms with E-state index in [9.17, 15) is 4.79 Å². The first-order valence-corrected chi connectivity index (χ1v) is 8.00. The van der Waals surface area contributed by atoms with Crippen LogP contribution >= 0.6 is 0 Å². The number of hydrogen-bond donors (Lipinski definition) is 0. The SMILES string of the molecule is COc1ccc2c(CC(=O)OCCCc3ccccc3)coc2c1. The van der Waals surface area contributed by atoms with Crippen molar-refractivity contribution in [1.82, 2.24) is 0 Å². The molecule has 0 spiro atoms. The molecule has 0 saturated heterocycles. The molecule has 0 aliphatic rings. The number of hydrogen-bond acceptors (Lipinski definition) is 4. The van der Waals surface area contributed by atoms with Crippen LogP contribution in [0, 0.1) is 0 Å². The maximum atomic E-state index is 12.0. The molecule has 124 valence electrons. The predicted molar refractivity (Wildman–Crippen MR) is 92.2 cm³/mol. The molecule has 0 N–H and O–H groups in total. The highest BCUT2D eigenvalue weighted by Gasteiger charge is 2.12. The van der Waals surface area contributed by atoms with Crippen molar-refractivity contribution in [3.05, 3.63) is 65.9 Å². The van der Waals surface area contributed by atoms with Gasteiger partial charge in [0, 0.05) is 17.0 Å². The summed E-state index contributed by atoms with van der Waals surface area (Å²) < 4.78 is 16.0. The van der Waals surface area contributed by atoms with Crippen LogP contribution in [0.5, 0.6) is 5.75 Å². The monoisotopic (exact) mass is 324 g/mol. The average molecular weight is 324 g/mol. The fourth-order valence-electron chi connectivity index (χ4n) is 2.64. The number of methoxy groups -OCH3 is 1. The third kappa shape index (κ3) is 3.96. The Kier molecular flexibility index (Phi) is 5.16. The van der Waals surface area contributed by atoms with Crippen molar-refractivity contribution < 1.29 is 18.7 Å². The van der Waals surface area contributed by atoms with Gasteiger partial charge >= 0.3 is 5.97 Å². The van der Waals surface area contributed by atoms with Crippen molar-refractivity contribution >= 4 is 16.9 Å². The lowest BCUT2D eigenvalue weighted by molar-refractivity contribution is -0.142. The molecule has 4 heteroatoms. The van der Waals surface area contributed by atoms with E-state index in [2.05, 4.69) is 12.1 Å². The fraction of sp³-hybridized carbons (Fsp3) is 0.250. The van der Waals surface area contributed by atoms with Gasteiger partial charge in [-0.1, -0.05) is 30.3 Å². The topological polar surface area (TPSA) is 48.7 Å². The number of carbonyl (C=O) groups excluding carboxylic acids is 1. The van der Waals surface area contributed by atoms with Gasteiger partial charge in [-0.3, -0.25) is 4.79 Å². The van der Waals surface area contributed by atoms with Gasteiger partial charge in [-0.15, -0.1) is 0 Å². The summed E-state index contributed by atoms with van der Waals surface area (Å²) in [5.74, 6) is 0.494. The van der Waals surface area contributed by atoms with Crippen LogP contribution in [0.4, 0.5) is 0 Å². The van der Waals surface area contributed by atoms with Crippen molar-refractivity contribution in [1.29, 1.82) is 0 Å². The van der Waals surface area contributed by atoms with E-state index in [4.69, 9.17) is 13.9 Å². The largest absolute Gasteiger partial charge is 0.497 e. The van der Waals surface area contributed by atoms with Crippen LogP contribution in [-0.2, 0) is 22.4 Å². The van der Waals surface area contributed by atoms with Crippen LogP contribution in [0.25, 0.3) is 11.0 Å². The van der Waals surface area contributed by atoms with Gasteiger partial charge in [-0.2, -0.15) is 0 Å². The Labute approximate surface area is 141 Å². The molecule has 1 heterocycles. The third-order valence-electron chi connectivity index (χ3n) is 3.91. The highest BCUT2D eigenvalue weighted by Crippen LogP contribution is 2.26. The number of ether oxygens (including phenoxy) is 2. The zero-order chi connectivity index (χ0) is 16.8. The van der Waals surface area contributed by atoms with Gasteiger partial charge in [-0.25, -0.2) is 0 Å². The Hall–Kier alpha value is -2.75. The van der Waals surface area contributed by atoms with Crippen LogP contribution in [0.15, 0.2) is 59.2 Å². The van der Waals surface area contributed by atoms with E-state index >= 15 is 0 Å². The minimum Gasteiger partial charge on any atom is -0.497 e. The number of esters is 1. The van der Waals surface area contributed by atoms with E-state index in [0.29, 0.717) is 12.2 Å². The summed E-state index contributed by atoms with van der Waals surface area (Å²) in [5, 5.41) is 0.914. The Morgan fingerprint density at radius 2 is 1.96 bits per heavy atom. The Morgan fingerprint density at radius 3 is 2.75 bits per heavy atom. The second kappa shape index (κ2) is 7.68. The first-order valence-electron chi connectivity index (χ1n) is 8.00. The van der Waals surface area contributed by atoms with Gasteiger partial charge in [0.25, 0.3) is 0 Å². The lowest BCUT2D eigenvalue weighted by Gasteiger charge is -2.05. The minimum atomic E-state index is -0.235. The summed E-state index contributed by atoms with van der Waals surface area (Å²) in [6.07, 6.45) is 3.54. The molecule has 0 amide bonds. The lowest BCUT2D eigenvalue weighted by atomic mass is 10.1. The van der Waals surface area contributed by atoms with Crippen LogP contribution in [-0.4, -0.2) is 19.7 Å². The molecule has 0 saturated carbocycles. The molecule has 0 aliphatic carbocycles. The van der Waals surface area contributed by atoms with Crippen LogP contribution < -0.4 is 4.74 Å². The van der Waals surface area contributed by atoms with Crippen molar-refractivity contribution in [3.63, 3.8) is 0 Å². The first kappa shape index (κ1) is 16.1. The van der Waals surface area contributed by atoms with Crippen molar-refractivity contribution in [2.45, 2.75) is 19.3 Å². The van der Waals surface area contributed by atoms with E-state index in [-0.39, 0.29) is 12.4 Å². The number of aryl methyl sites for hydroxylation is 1. The molecule has 24 heavy (non-hydrogen) atoms. The molecule has 0 bridgehead atoms. The van der Waals surface area contributed by atoms with Crippen LogP contribution in [0.3, 0.4) is 0 Å². The zero-order valence-electron chi connectivity index (χ0n) is 13.7. The Bertz CT molecular complexity index is 805. The zero-order valence-corrected chi connectivity index (χ0v) is 13.7. The quantitative estimate of drug-likeness (QED) is 0.484. The normalized spacial score (nSPS) is 10.7. The number of fused-ring (bicyclic) bond motifs is 1. The van der Waals surface area contributed by atoms with Gasteiger partial charge in [-0.05, 0) is 30.5 Å². The molecule has 0 unspecified atom stereocenters. The van der Waals surface area contributed by atoms with Gasteiger partial charge in [0.15, 0.2) is 0 Å². The average Bonchev–Trinajstić information content (AvgIpc) is 3.01. The Balaban J connectivity index is 1.50. The second-order valence-corrected chi connectivity index (χ2v) is 5.61. The maximum absolute atomic E-state index is 12.0. The van der Waals surface area contributed by atoms with E-state index in [1.165, 1.54) is 5.56 Å². The predicted octanol–water partition coefficient (Wildman–Crippen LogP) is 4.16. The van der Waals surface area contributed by atoms with E-state index in [1.54, 1.807) is 13.4 Å². The lowest BCUT2D eigenvalue weighted by Crippen LogP contribution is -2.09. The minimum absolute atomic E-state index is 0.213. The highest BCUT2D eigenvalue weighted by molar-refractivity contribution is 5.86. The molecule has 1 aromatic heterocycles. The first-order chi connectivity index (χ1) is 11.8. The maximum Gasteiger partial charge on any atom is 0.310 e. The summed E-state index contributed by atoms with van der Waals surface area (Å²) in [6, 6.07) is 15.7. The molecule has 3 aromatic rings. The summed E-state index contributed by atoms with van der Waals surface area (Å²) >= 11 is 0. The molecule has 2 aromatic carbocycles. The molecular weight excluding hydrogens is 304 g/mol. The van der Waals surface area contributed by atoms with Crippen LogP contribution in [0.1, 0.15) is 17.5 Å². The van der Waals surface area contributed by atoms with Gasteiger partial charge in [0.1, 0.15) is 11.3 Å². The number of benzene rings is 2. The highest BCUT2D eigenvalue weighted by atomic mass is 16.5. The van der Waals surface area contributed by atoms with Crippen molar-refractivity contribution in [2.75, 3.05) is 13.7 Å². The van der Waals surface area contributed by atoms with E-state index < -0.39 is 0 Å². The van der Waals surface area contributed by atoms with Crippen molar-refractivity contribution in [2.24, 2.45) is 0 Å². The smallest absolute Gasteiger partial charge is 0.310 e. The van der Waals surface area contributed by atoms with Crippen LogP contribution in [0.2, 0.25) is 0 Å². The van der Waals surface area contributed by atoms with Gasteiger partial charge in [0.05, 0.1) is 26.4 Å². The molecule has 0 fully saturated rings. The molecule has 0 atom stereocenters. The van der Waals surface area contributed by atoms with Gasteiger partial charge in [0.2, 0.25) is 0 Å². The fourth-order valence-corrected chi connectivity index (χ4v) is 2.64. The standard InChI is InChI=1S/C20H20O4/c1-22-17-9-10-18-16(14-24-19(18)13-17)12-20(21)23-11-5-8-15-6-3-2-4-7-15/h2-4,6-7,9-10,13-14H,5,8,11-12H2,1H3. The molecule has 0 aliphatic heterocycles. The van der Waals surface area contributed by atoms with E-state index in [0.717, 1.165) is 29.5 Å². The molecular formula is C20H20O4. The number of furan rings is 1. The Morgan fingerprint density at radius 1 is 1.12 bits per heavy atom. The third-order valence-corrected chi connectivity index (χ3v) is 3.91. The van der Waals surface area contributed by atoms with Gasteiger partial charge < -0.3 is 13.9 Å². The molecule has 3 rings (SSSR count). The molecule has 0 radical (unpaired) electrons. The molecule has 4 nitrogen and oxygen atoms in total. The summed E-state index contributed by atoms with van der Waals surface area (Å²) in [7, 11) is 1.61.